The van der Waals surface area contributed by atoms with E-state index in [1.165, 1.54) is 4.90 Å². The summed E-state index contributed by atoms with van der Waals surface area (Å²) < 4.78 is 11.4. The topological polar surface area (TPSA) is 38.7 Å². The first kappa shape index (κ1) is 12.3. The van der Waals surface area contributed by atoms with Crippen molar-refractivity contribution in [3.63, 3.8) is 0 Å². The Hall–Kier alpha value is -0.710. The highest BCUT2D eigenvalue weighted by Crippen LogP contribution is 2.40. The SMILES string of the molecule is Oc1ccc(SC2CCOC3(CCOC3)C2)cc1. The van der Waals surface area contributed by atoms with Crippen molar-refractivity contribution in [1.82, 2.24) is 0 Å². The van der Waals surface area contributed by atoms with E-state index in [9.17, 15) is 5.11 Å². The molecule has 0 amide bonds. The first-order valence-corrected chi connectivity index (χ1v) is 7.31. The molecule has 0 aromatic heterocycles. The van der Waals surface area contributed by atoms with E-state index in [1.54, 1.807) is 12.1 Å². The lowest BCUT2D eigenvalue weighted by Crippen LogP contribution is -2.41. The molecule has 2 heterocycles. The van der Waals surface area contributed by atoms with Crippen LogP contribution in [-0.4, -0.2) is 35.8 Å². The summed E-state index contributed by atoms with van der Waals surface area (Å²) in [7, 11) is 0. The molecule has 3 rings (SSSR count). The van der Waals surface area contributed by atoms with Gasteiger partial charge in [0.05, 0.1) is 12.2 Å². The van der Waals surface area contributed by atoms with Crippen LogP contribution in [0.4, 0.5) is 0 Å². The Balaban J connectivity index is 1.64. The summed E-state index contributed by atoms with van der Waals surface area (Å²) in [6, 6.07) is 7.45. The highest BCUT2D eigenvalue weighted by molar-refractivity contribution is 8.00. The quantitative estimate of drug-likeness (QED) is 0.893. The maximum Gasteiger partial charge on any atom is 0.115 e. The molecule has 2 unspecified atom stereocenters. The third-order valence-electron chi connectivity index (χ3n) is 3.65. The van der Waals surface area contributed by atoms with Crippen molar-refractivity contribution in [3.05, 3.63) is 24.3 Å². The standard InChI is InChI=1S/C14H18O3S/c15-11-1-3-12(4-2-11)18-13-5-7-17-14(9-13)6-8-16-10-14/h1-4,13,15H,5-10H2. The van der Waals surface area contributed by atoms with E-state index in [0.717, 1.165) is 39.1 Å². The molecule has 2 fully saturated rings. The van der Waals surface area contributed by atoms with Crippen molar-refractivity contribution in [2.45, 2.75) is 35.0 Å². The number of phenols is 1. The molecule has 1 aromatic rings. The molecule has 3 nitrogen and oxygen atoms in total. The minimum atomic E-state index is -0.0210. The second kappa shape index (κ2) is 5.11. The van der Waals surface area contributed by atoms with Crippen LogP contribution in [0.15, 0.2) is 29.2 Å². The van der Waals surface area contributed by atoms with Crippen molar-refractivity contribution in [1.29, 1.82) is 0 Å². The van der Waals surface area contributed by atoms with Crippen molar-refractivity contribution in [3.8, 4) is 5.75 Å². The zero-order valence-electron chi connectivity index (χ0n) is 10.3. The lowest BCUT2D eigenvalue weighted by atomic mass is 9.93. The van der Waals surface area contributed by atoms with Crippen LogP contribution in [0, 0.1) is 0 Å². The first-order valence-electron chi connectivity index (χ1n) is 6.43. The summed E-state index contributed by atoms with van der Waals surface area (Å²) in [6.07, 6.45) is 3.19. The van der Waals surface area contributed by atoms with Crippen LogP contribution in [0.1, 0.15) is 19.3 Å². The first-order chi connectivity index (χ1) is 8.76. The Morgan fingerprint density at radius 2 is 2.06 bits per heavy atom. The zero-order chi connectivity index (χ0) is 12.4. The number of phenolic OH excluding ortho intramolecular Hbond substituents is 1. The molecule has 1 spiro atoms. The van der Waals surface area contributed by atoms with Gasteiger partial charge in [0.1, 0.15) is 5.75 Å². The highest BCUT2D eigenvalue weighted by atomic mass is 32.2. The van der Waals surface area contributed by atoms with E-state index in [1.807, 2.05) is 23.9 Å². The van der Waals surface area contributed by atoms with Crippen LogP contribution < -0.4 is 0 Å². The smallest absolute Gasteiger partial charge is 0.115 e. The number of ether oxygens (including phenoxy) is 2. The summed E-state index contributed by atoms with van der Waals surface area (Å²) in [4.78, 5) is 1.22. The lowest BCUT2D eigenvalue weighted by Gasteiger charge is -2.36. The lowest BCUT2D eigenvalue weighted by molar-refractivity contribution is -0.0769. The fraction of sp³-hybridized carbons (Fsp3) is 0.571. The average Bonchev–Trinajstić information content (AvgIpc) is 2.80. The molecule has 0 saturated carbocycles. The van der Waals surface area contributed by atoms with Gasteiger partial charge in [-0.3, -0.25) is 0 Å². The fourth-order valence-electron chi connectivity index (χ4n) is 2.66. The Morgan fingerprint density at radius 1 is 1.22 bits per heavy atom. The summed E-state index contributed by atoms with van der Waals surface area (Å²) in [6.45, 7) is 2.41. The van der Waals surface area contributed by atoms with Gasteiger partial charge in [0.2, 0.25) is 0 Å². The number of rotatable bonds is 2. The van der Waals surface area contributed by atoms with Gasteiger partial charge in [0.15, 0.2) is 0 Å². The number of benzene rings is 1. The number of hydrogen-bond donors (Lipinski definition) is 1. The van der Waals surface area contributed by atoms with Gasteiger partial charge in [0.25, 0.3) is 0 Å². The van der Waals surface area contributed by atoms with Gasteiger partial charge in [-0.15, -0.1) is 11.8 Å². The minimum Gasteiger partial charge on any atom is -0.508 e. The van der Waals surface area contributed by atoms with Crippen LogP contribution in [0.3, 0.4) is 0 Å². The average molecular weight is 266 g/mol. The van der Waals surface area contributed by atoms with E-state index >= 15 is 0 Å². The van der Waals surface area contributed by atoms with Crippen molar-refractivity contribution < 1.29 is 14.6 Å². The van der Waals surface area contributed by atoms with E-state index in [0.29, 0.717) is 11.0 Å². The molecule has 0 radical (unpaired) electrons. The van der Waals surface area contributed by atoms with E-state index in [2.05, 4.69) is 0 Å². The third kappa shape index (κ3) is 2.66. The summed E-state index contributed by atoms with van der Waals surface area (Å²) >= 11 is 1.89. The maximum atomic E-state index is 9.28. The largest absolute Gasteiger partial charge is 0.508 e. The monoisotopic (exact) mass is 266 g/mol. The molecule has 0 aliphatic carbocycles. The number of hydrogen-bond acceptors (Lipinski definition) is 4. The molecule has 1 N–H and O–H groups in total. The maximum absolute atomic E-state index is 9.28. The Labute approximate surface area is 111 Å². The molecular formula is C14H18O3S. The number of aromatic hydroxyl groups is 1. The van der Waals surface area contributed by atoms with Crippen molar-refractivity contribution in [2.75, 3.05) is 19.8 Å². The molecule has 2 aliphatic heterocycles. The molecule has 2 aliphatic rings. The van der Waals surface area contributed by atoms with Crippen LogP contribution in [-0.2, 0) is 9.47 Å². The van der Waals surface area contributed by atoms with Crippen LogP contribution in [0.5, 0.6) is 5.75 Å². The summed E-state index contributed by atoms with van der Waals surface area (Å²) in [5.41, 5.74) is -0.0210. The molecule has 18 heavy (non-hydrogen) atoms. The van der Waals surface area contributed by atoms with Crippen LogP contribution in [0.25, 0.3) is 0 Å². The predicted molar refractivity (Wildman–Crippen MR) is 71.1 cm³/mol. The van der Waals surface area contributed by atoms with E-state index < -0.39 is 0 Å². The summed E-state index contributed by atoms with van der Waals surface area (Å²) in [5.74, 6) is 0.326. The Kier molecular flexibility index (Phi) is 3.50. The molecule has 4 heteroatoms. The Bertz CT molecular complexity index is 398. The van der Waals surface area contributed by atoms with Gasteiger partial charge >= 0.3 is 0 Å². The van der Waals surface area contributed by atoms with Crippen LogP contribution >= 0.6 is 11.8 Å². The van der Waals surface area contributed by atoms with Crippen molar-refractivity contribution >= 4 is 11.8 Å². The van der Waals surface area contributed by atoms with E-state index in [4.69, 9.17) is 9.47 Å². The highest BCUT2D eigenvalue weighted by Gasteiger charge is 2.41. The zero-order valence-corrected chi connectivity index (χ0v) is 11.1. The fourth-order valence-corrected chi connectivity index (χ4v) is 3.94. The van der Waals surface area contributed by atoms with Gasteiger partial charge in [0, 0.05) is 29.8 Å². The second-order valence-electron chi connectivity index (χ2n) is 5.06. The second-order valence-corrected chi connectivity index (χ2v) is 6.43. The normalized spacial score (nSPS) is 31.9. The van der Waals surface area contributed by atoms with Crippen molar-refractivity contribution in [2.24, 2.45) is 0 Å². The molecule has 0 bridgehead atoms. The van der Waals surface area contributed by atoms with Gasteiger partial charge < -0.3 is 14.6 Å². The minimum absolute atomic E-state index is 0.0210. The van der Waals surface area contributed by atoms with Gasteiger partial charge in [-0.2, -0.15) is 0 Å². The molecule has 2 saturated heterocycles. The van der Waals surface area contributed by atoms with Gasteiger partial charge in [-0.05, 0) is 37.1 Å². The van der Waals surface area contributed by atoms with Gasteiger partial charge in [-0.25, -0.2) is 0 Å². The van der Waals surface area contributed by atoms with E-state index in [-0.39, 0.29) is 5.60 Å². The molecule has 98 valence electrons. The predicted octanol–water partition coefficient (Wildman–Crippen LogP) is 2.82. The third-order valence-corrected chi connectivity index (χ3v) is 4.93. The molecule has 1 aromatic carbocycles. The Morgan fingerprint density at radius 3 is 2.78 bits per heavy atom. The van der Waals surface area contributed by atoms with Crippen LogP contribution in [0.2, 0.25) is 0 Å². The number of thioether (sulfide) groups is 1. The molecule has 2 atom stereocenters. The van der Waals surface area contributed by atoms with Gasteiger partial charge in [-0.1, -0.05) is 0 Å². The summed E-state index contributed by atoms with van der Waals surface area (Å²) in [5, 5.41) is 9.87. The molecular weight excluding hydrogens is 248 g/mol.